The second kappa shape index (κ2) is 9.46. The molecule has 1 heterocycles. The molecule has 2 saturated carbocycles. The van der Waals surface area contributed by atoms with Gasteiger partial charge in [-0.25, -0.2) is 8.42 Å². The van der Waals surface area contributed by atoms with E-state index in [1.54, 1.807) is 12.1 Å². The number of piperazine rings is 1. The molecule has 1 amide bonds. The number of nitrogens with one attached hydrogen (secondary N) is 1. The van der Waals surface area contributed by atoms with Crippen LogP contribution in [0.15, 0.2) is 48.5 Å². The number of Topliss-reactive ketones (excluding diaryl/α,β-unsaturated/α-hetero) is 1. The fourth-order valence-corrected chi connectivity index (χ4v) is 8.60. The lowest BCUT2D eigenvalue weighted by Crippen LogP contribution is -2.49. The average molecular weight is 524 g/mol. The predicted octanol–water partition coefficient (Wildman–Crippen LogP) is 4.02. The van der Waals surface area contributed by atoms with Gasteiger partial charge in [-0.2, -0.15) is 0 Å². The summed E-state index contributed by atoms with van der Waals surface area (Å²) in [6, 6.07) is 15.4. The Morgan fingerprint density at radius 2 is 1.76 bits per heavy atom. The summed E-state index contributed by atoms with van der Waals surface area (Å²) in [6.45, 7) is 8.91. The Bertz CT molecular complexity index is 1300. The van der Waals surface area contributed by atoms with Crippen LogP contribution in [0.5, 0.6) is 0 Å². The summed E-state index contributed by atoms with van der Waals surface area (Å²) in [5.74, 6) is 0.383. The number of benzene rings is 2. The van der Waals surface area contributed by atoms with E-state index >= 15 is 0 Å². The first-order valence-corrected chi connectivity index (χ1v) is 14.9. The van der Waals surface area contributed by atoms with E-state index in [0.717, 1.165) is 36.3 Å². The first kappa shape index (κ1) is 25.8. The maximum Gasteiger partial charge on any atom is 0.233 e. The van der Waals surface area contributed by atoms with E-state index < -0.39 is 15.4 Å². The molecule has 3 aliphatic rings. The Labute approximate surface area is 220 Å². The van der Waals surface area contributed by atoms with Crippen molar-refractivity contribution in [2.45, 2.75) is 46.5 Å². The van der Waals surface area contributed by atoms with Gasteiger partial charge in [0.2, 0.25) is 15.9 Å². The zero-order valence-electron chi connectivity index (χ0n) is 22.0. The number of hydrogen-bond donors (Lipinski definition) is 1. The Hall–Kier alpha value is -2.87. The third kappa shape index (κ3) is 4.88. The quantitative estimate of drug-likeness (QED) is 0.592. The Balaban J connectivity index is 1.16. The van der Waals surface area contributed by atoms with Crippen LogP contribution in [0.3, 0.4) is 0 Å². The van der Waals surface area contributed by atoms with Crippen molar-refractivity contribution in [1.82, 2.24) is 4.90 Å². The zero-order valence-corrected chi connectivity index (χ0v) is 22.8. The molecule has 0 aromatic heterocycles. The topological polar surface area (TPSA) is 86.8 Å². The molecule has 8 heteroatoms. The number of sulfonamides is 1. The van der Waals surface area contributed by atoms with Gasteiger partial charge in [-0.3, -0.25) is 14.3 Å². The molecule has 198 valence electrons. The van der Waals surface area contributed by atoms with Crippen LogP contribution in [0.25, 0.3) is 0 Å². The van der Waals surface area contributed by atoms with E-state index in [0.29, 0.717) is 38.0 Å². The number of rotatable bonds is 7. The van der Waals surface area contributed by atoms with Crippen molar-refractivity contribution in [2.75, 3.05) is 41.6 Å². The highest BCUT2D eigenvalue weighted by atomic mass is 32.2. The minimum absolute atomic E-state index is 0.103. The van der Waals surface area contributed by atoms with Crippen LogP contribution in [-0.4, -0.2) is 56.9 Å². The summed E-state index contributed by atoms with van der Waals surface area (Å²) in [7, 11) is -3.68. The molecule has 1 aliphatic heterocycles. The number of carbonyl (C=O) groups excluding carboxylic acids is 2. The monoisotopic (exact) mass is 523 g/mol. The number of hydrogen-bond acceptors (Lipinski definition) is 5. The number of fused-ring (bicyclic) bond motifs is 2. The Morgan fingerprint density at radius 1 is 1.05 bits per heavy atom. The minimum atomic E-state index is -3.68. The molecule has 2 aromatic rings. The maximum atomic E-state index is 13.1. The maximum absolute atomic E-state index is 13.1. The lowest BCUT2D eigenvalue weighted by Gasteiger charge is -2.36. The van der Waals surface area contributed by atoms with Crippen molar-refractivity contribution in [1.29, 1.82) is 0 Å². The fourth-order valence-electron chi connectivity index (χ4n) is 6.71. The van der Waals surface area contributed by atoms with Gasteiger partial charge in [0.15, 0.2) is 0 Å². The van der Waals surface area contributed by atoms with Gasteiger partial charge in [0.25, 0.3) is 0 Å². The van der Waals surface area contributed by atoms with Gasteiger partial charge in [-0.1, -0.05) is 43.7 Å². The largest absolute Gasteiger partial charge is 0.368 e. The highest BCUT2D eigenvalue weighted by Gasteiger charge is 2.65. The van der Waals surface area contributed by atoms with E-state index in [1.807, 2.05) is 42.2 Å². The van der Waals surface area contributed by atoms with E-state index in [-0.39, 0.29) is 28.8 Å². The van der Waals surface area contributed by atoms with Gasteiger partial charge in [0.05, 0.1) is 17.6 Å². The van der Waals surface area contributed by atoms with Crippen molar-refractivity contribution in [3.63, 3.8) is 0 Å². The van der Waals surface area contributed by atoms with E-state index in [2.05, 4.69) is 29.5 Å². The molecule has 2 atom stereocenters. The first-order chi connectivity index (χ1) is 17.5. The van der Waals surface area contributed by atoms with E-state index in [9.17, 15) is 18.0 Å². The van der Waals surface area contributed by atoms with Gasteiger partial charge in [0.1, 0.15) is 5.78 Å². The molecular weight excluding hydrogens is 486 g/mol. The summed E-state index contributed by atoms with van der Waals surface area (Å²) < 4.78 is 28.9. The van der Waals surface area contributed by atoms with Gasteiger partial charge >= 0.3 is 0 Å². The molecule has 5 rings (SSSR count). The van der Waals surface area contributed by atoms with Crippen molar-refractivity contribution < 1.29 is 18.0 Å². The van der Waals surface area contributed by atoms with Crippen molar-refractivity contribution in [2.24, 2.45) is 16.7 Å². The van der Waals surface area contributed by atoms with Crippen LogP contribution < -0.4 is 9.62 Å². The van der Waals surface area contributed by atoms with Crippen LogP contribution in [0.1, 0.15) is 44.2 Å². The number of nitrogens with zero attached hydrogens (tertiary/aromatic N) is 2. The Morgan fingerprint density at radius 3 is 2.35 bits per heavy atom. The second-order valence-corrected chi connectivity index (χ2v) is 13.3. The molecule has 2 bridgehead atoms. The van der Waals surface area contributed by atoms with Crippen molar-refractivity contribution in [3.8, 4) is 0 Å². The summed E-state index contributed by atoms with van der Waals surface area (Å²) in [4.78, 5) is 29.7. The van der Waals surface area contributed by atoms with E-state index in [4.69, 9.17) is 0 Å². The molecule has 0 radical (unpaired) electrons. The third-order valence-corrected chi connectivity index (χ3v) is 10.6. The third-order valence-electron chi connectivity index (χ3n) is 9.15. The van der Waals surface area contributed by atoms with Crippen LogP contribution in [0, 0.1) is 23.7 Å². The summed E-state index contributed by atoms with van der Waals surface area (Å²) in [5.41, 5.74) is 2.64. The SMILES string of the molecule is Cc1cccc(CC(=O)N2CCN(c3ccc(NS(=O)(=O)CC45CCC(CC4=O)C5(C)C)cc3)CC2)c1. The summed E-state index contributed by atoms with van der Waals surface area (Å²) in [5, 5.41) is 0. The second-order valence-electron chi connectivity index (χ2n) is 11.6. The molecule has 3 fully saturated rings. The molecule has 2 aliphatic carbocycles. The molecule has 37 heavy (non-hydrogen) atoms. The molecule has 7 nitrogen and oxygen atoms in total. The lowest BCUT2D eigenvalue weighted by atomic mass is 9.70. The average Bonchev–Trinajstić information content (AvgIpc) is 3.18. The molecule has 1 N–H and O–H groups in total. The number of anilines is 2. The number of amides is 1. The molecule has 2 unspecified atom stereocenters. The van der Waals surface area contributed by atoms with E-state index in [1.165, 1.54) is 0 Å². The number of ketones is 1. The van der Waals surface area contributed by atoms with Crippen LogP contribution in [-0.2, 0) is 26.0 Å². The lowest BCUT2D eigenvalue weighted by molar-refractivity contribution is -0.130. The molecular formula is C29H37N3O4S. The Kier molecular flexibility index (Phi) is 6.59. The highest BCUT2D eigenvalue weighted by molar-refractivity contribution is 7.92. The predicted molar refractivity (Wildman–Crippen MR) is 146 cm³/mol. The van der Waals surface area contributed by atoms with Gasteiger partial charge in [0, 0.05) is 44.0 Å². The van der Waals surface area contributed by atoms with Crippen molar-refractivity contribution in [3.05, 3.63) is 59.7 Å². The van der Waals surface area contributed by atoms with Crippen LogP contribution in [0.2, 0.25) is 0 Å². The standard InChI is InChI=1S/C29H37N3O4S/c1-21-5-4-6-22(17-21)18-27(34)32-15-13-31(14-16-32)25-9-7-24(8-10-25)30-37(35,36)20-29-12-11-23(19-26(29)33)28(29,2)3/h4-10,17,23,30H,11-16,18-20H2,1-3H3. The fraction of sp³-hybridized carbons (Fsp3) is 0.517. The van der Waals surface area contributed by atoms with Gasteiger partial charge in [-0.05, 0) is 60.9 Å². The summed E-state index contributed by atoms with van der Waals surface area (Å²) in [6.07, 6.45) is 2.50. The number of aryl methyl sites for hydroxylation is 1. The number of carbonyl (C=O) groups is 2. The van der Waals surface area contributed by atoms with Gasteiger partial charge < -0.3 is 9.80 Å². The minimum Gasteiger partial charge on any atom is -0.368 e. The van der Waals surface area contributed by atoms with Crippen molar-refractivity contribution >= 4 is 33.1 Å². The van der Waals surface area contributed by atoms with Crippen LogP contribution >= 0.6 is 0 Å². The molecule has 1 saturated heterocycles. The zero-order chi connectivity index (χ0) is 26.4. The first-order valence-electron chi connectivity index (χ1n) is 13.2. The van der Waals surface area contributed by atoms with Crippen LogP contribution in [0.4, 0.5) is 11.4 Å². The molecule has 2 aromatic carbocycles. The van der Waals surface area contributed by atoms with Gasteiger partial charge in [-0.15, -0.1) is 0 Å². The normalized spacial score (nSPS) is 24.9. The molecule has 0 spiro atoms. The summed E-state index contributed by atoms with van der Waals surface area (Å²) >= 11 is 0. The highest BCUT2D eigenvalue weighted by Crippen LogP contribution is 2.64. The smallest absolute Gasteiger partial charge is 0.233 e.